The number of methoxy groups -OCH3 is 1. The van der Waals surface area contributed by atoms with Gasteiger partial charge in [0.15, 0.2) is 0 Å². The van der Waals surface area contributed by atoms with Gasteiger partial charge < -0.3 is 19.9 Å². The van der Waals surface area contributed by atoms with Crippen molar-refractivity contribution in [2.75, 3.05) is 25.5 Å². The van der Waals surface area contributed by atoms with E-state index in [1.807, 2.05) is 42.1 Å². The van der Waals surface area contributed by atoms with E-state index in [0.29, 0.717) is 12.8 Å². The van der Waals surface area contributed by atoms with E-state index in [0.717, 1.165) is 30.2 Å². The van der Waals surface area contributed by atoms with Gasteiger partial charge >= 0.3 is 0 Å². The monoisotopic (exact) mass is 386 g/mol. The molecular weight excluding hydrogens is 363 g/mol. The van der Waals surface area contributed by atoms with Gasteiger partial charge in [0.2, 0.25) is 0 Å². The van der Waals surface area contributed by atoms with E-state index in [-0.39, 0.29) is 30.7 Å². The summed E-state index contributed by atoms with van der Waals surface area (Å²) in [7, 11) is 3.55. The number of aryl methyl sites for hydroxylation is 1. The van der Waals surface area contributed by atoms with Crippen LogP contribution in [0.5, 0.6) is 0 Å². The van der Waals surface area contributed by atoms with Crippen molar-refractivity contribution in [1.29, 1.82) is 0 Å². The average Bonchev–Trinajstić information content (AvgIpc) is 3.01. The molecule has 2 N–H and O–H groups in total. The summed E-state index contributed by atoms with van der Waals surface area (Å²) in [5, 5.41) is 6.25. The van der Waals surface area contributed by atoms with E-state index in [1.165, 1.54) is 0 Å². The summed E-state index contributed by atoms with van der Waals surface area (Å²) in [6.07, 6.45) is 5.01. The van der Waals surface area contributed by atoms with Crippen molar-refractivity contribution < 1.29 is 9.53 Å². The fourth-order valence-corrected chi connectivity index (χ4v) is 2.98. The van der Waals surface area contributed by atoms with Crippen molar-refractivity contribution in [3.63, 3.8) is 0 Å². The van der Waals surface area contributed by atoms with E-state index in [4.69, 9.17) is 4.74 Å². The molecule has 2 heterocycles. The highest BCUT2D eigenvalue weighted by Crippen LogP contribution is 2.26. The van der Waals surface area contributed by atoms with Crippen molar-refractivity contribution in [2.24, 2.45) is 7.05 Å². The minimum atomic E-state index is -0.746. The summed E-state index contributed by atoms with van der Waals surface area (Å²) >= 11 is 0. The van der Waals surface area contributed by atoms with Crippen LogP contribution in [-0.4, -0.2) is 41.3 Å². The molecule has 1 aromatic carbocycles. The quantitative estimate of drug-likeness (QED) is 0.847. The second-order valence-corrected chi connectivity index (χ2v) is 5.85. The molecule has 0 spiro atoms. The van der Waals surface area contributed by atoms with Crippen molar-refractivity contribution >= 4 is 36.4 Å². The first-order chi connectivity index (χ1) is 11.1. The van der Waals surface area contributed by atoms with Crippen LogP contribution in [0.25, 0.3) is 11.4 Å². The van der Waals surface area contributed by atoms with Crippen molar-refractivity contribution in [3.8, 4) is 11.4 Å². The van der Waals surface area contributed by atoms with Crippen LogP contribution in [0.2, 0.25) is 0 Å². The number of carbonyl (C=O) groups excluding carboxylic acids is 1. The molecule has 0 atom stereocenters. The molecule has 25 heavy (non-hydrogen) atoms. The third-order valence-corrected chi connectivity index (χ3v) is 4.42. The second kappa shape index (κ2) is 9.20. The molecule has 6 nitrogen and oxygen atoms in total. The van der Waals surface area contributed by atoms with Crippen LogP contribution in [0, 0.1) is 0 Å². The van der Waals surface area contributed by atoms with Crippen LogP contribution < -0.4 is 10.6 Å². The number of hydrogen-bond acceptors (Lipinski definition) is 4. The summed E-state index contributed by atoms with van der Waals surface area (Å²) in [5.74, 6) is 0.780. The van der Waals surface area contributed by atoms with Crippen LogP contribution in [0.3, 0.4) is 0 Å². The number of imidazole rings is 1. The van der Waals surface area contributed by atoms with E-state index in [9.17, 15) is 4.79 Å². The molecule has 0 unspecified atom stereocenters. The molecule has 1 saturated heterocycles. The predicted octanol–water partition coefficient (Wildman–Crippen LogP) is 2.64. The molecule has 138 valence electrons. The summed E-state index contributed by atoms with van der Waals surface area (Å²) < 4.78 is 7.51. The van der Waals surface area contributed by atoms with Gasteiger partial charge in [-0.2, -0.15) is 0 Å². The number of piperidine rings is 1. The van der Waals surface area contributed by atoms with Gasteiger partial charge in [-0.05, 0) is 38.1 Å². The minimum absolute atomic E-state index is 0. The molecule has 1 aliphatic heterocycles. The molecule has 3 rings (SSSR count). The highest BCUT2D eigenvalue weighted by atomic mass is 35.5. The maximum atomic E-state index is 12.7. The van der Waals surface area contributed by atoms with Crippen molar-refractivity contribution in [1.82, 2.24) is 14.9 Å². The number of nitrogens with one attached hydrogen (secondary N) is 2. The van der Waals surface area contributed by atoms with E-state index >= 15 is 0 Å². The maximum Gasteiger partial charge on any atom is 0.256 e. The average molecular weight is 387 g/mol. The number of nitrogens with zero attached hydrogens (tertiary/aromatic N) is 2. The summed E-state index contributed by atoms with van der Waals surface area (Å²) in [4.78, 5) is 17.0. The molecule has 0 bridgehead atoms. The zero-order chi connectivity index (χ0) is 16.3. The molecule has 0 saturated carbocycles. The van der Waals surface area contributed by atoms with Gasteiger partial charge in [0, 0.05) is 37.8 Å². The number of hydrogen-bond donors (Lipinski definition) is 2. The van der Waals surface area contributed by atoms with Gasteiger partial charge in [0.1, 0.15) is 11.4 Å². The summed E-state index contributed by atoms with van der Waals surface area (Å²) in [5.41, 5.74) is 0.974. The lowest BCUT2D eigenvalue weighted by molar-refractivity contribution is -0.140. The molecule has 1 aromatic heterocycles. The Kier molecular flexibility index (Phi) is 7.89. The number of benzene rings is 1. The SMILES string of the molecule is COC1(C(=O)Nc2cccc(-c3nccn3C)c2)CCNCC1.Cl.Cl. The van der Waals surface area contributed by atoms with Gasteiger partial charge in [-0.3, -0.25) is 4.79 Å². The first-order valence-corrected chi connectivity index (χ1v) is 7.80. The van der Waals surface area contributed by atoms with Crippen LogP contribution in [0.15, 0.2) is 36.7 Å². The third kappa shape index (κ3) is 4.52. The maximum absolute atomic E-state index is 12.7. The number of carbonyl (C=O) groups is 1. The normalized spacial score (nSPS) is 15.6. The lowest BCUT2D eigenvalue weighted by Gasteiger charge is -2.34. The van der Waals surface area contributed by atoms with E-state index in [1.54, 1.807) is 13.3 Å². The van der Waals surface area contributed by atoms with Gasteiger partial charge in [-0.1, -0.05) is 12.1 Å². The first kappa shape index (κ1) is 21.4. The van der Waals surface area contributed by atoms with E-state index < -0.39 is 5.60 Å². The second-order valence-electron chi connectivity index (χ2n) is 5.85. The van der Waals surface area contributed by atoms with Gasteiger partial charge in [0.05, 0.1) is 0 Å². The number of amides is 1. The number of ether oxygens (including phenoxy) is 1. The molecule has 0 radical (unpaired) electrons. The molecule has 1 fully saturated rings. The minimum Gasteiger partial charge on any atom is -0.368 e. The van der Waals surface area contributed by atoms with Gasteiger partial charge in [0.25, 0.3) is 5.91 Å². The zero-order valence-electron chi connectivity index (χ0n) is 14.3. The standard InChI is InChI=1S/C17H22N4O2.2ClH/c1-21-11-10-19-15(21)13-4-3-5-14(12-13)20-16(22)17(23-2)6-8-18-9-7-17;;/h3-5,10-12,18H,6-9H2,1-2H3,(H,20,22);2*1H. The summed E-state index contributed by atoms with van der Waals surface area (Å²) in [6.45, 7) is 1.57. The third-order valence-electron chi connectivity index (χ3n) is 4.42. The number of aromatic nitrogens is 2. The van der Waals surface area contributed by atoms with Crippen LogP contribution in [-0.2, 0) is 16.6 Å². The molecule has 1 amide bonds. The molecule has 0 aliphatic carbocycles. The highest BCUT2D eigenvalue weighted by molar-refractivity contribution is 5.97. The Hall–Kier alpha value is -1.60. The van der Waals surface area contributed by atoms with Gasteiger partial charge in [-0.15, -0.1) is 24.8 Å². The zero-order valence-corrected chi connectivity index (χ0v) is 16.0. The van der Waals surface area contributed by atoms with Crippen LogP contribution in [0.1, 0.15) is 12.8 Å². The lowest BCUT2D eigenvalue weighted by atomic mass is 9.91. The molecule has 8 heteroatoms. The fourth-order valence-electron chi connectivity index (χ4n) is 2.98. The van der Waals surface area contributed by atoms with Gasteiger partial charge in [-0.25, -0.2) is 4.98 Å². The van der Waals surface area contributed by atoms with Crippen LogP contribution in [0.4, 0.5) is 5.69 Å². The summed E-state index contributed by atoms with van der Waals surface area (Å²) in [6, 6.07) is 7.72. The van der Waals surface area contributed by atoms with E-state index in [2.05, 4.69) is 15.6 Å². The number of rotatable bonds is 4. The van der Waals surface area contributed by atoms with Crippen LogP contribution >= 0.6 is 24.8 Å². The largest absolute Gasteiger partial charge is 0.368 e. The predicted molar refractivity (Wildman–Crippen MR) is 104 cm³/mol. The number of halogens is 2. The first-order valence-electron chi connectivity index (χ1n) is 7.80. The smallest absolute Gasteiger partial charge is 0.256 e. The van der Waals surface area contributed by atoms with Crippen molar-refractivity contribution in [3.05, 3.63) is 36.7 Å². The topological polar surface area (TPSA) is 68.2 Å². The Labute approximate surface area is 160 Å². The molecule has 2 aromatic rings. The molecule has 1 aliphatic rings. The Morgan fingerprint density at radius 2 is 2.04 bits per heavy atom. The number of anilines is 1. The van der Waals surface area contributed by atoms with Crippen molar-refractivity contribution in [2.45, 2.75) is 18.4 Å². The Bertz CT molecular complexity index is 699. The lowest BCUT2D eigenvalue weighted by Crippen LogP contribution is -2.51. The fraction of sp³-hybridized carbons (Fsp3) is 0.412. The Morgan fingerprint density at radius 3 is 2.64 bits per heavy atom. The Balaban J connectivity index is 0.00000156. The highest BCUT2D eigenvalue weighted by Gasteiger charge is 2.39. The molecular formula is C17H24Cl2N4O2. The Morgan fingerprint density at radius 1 is 1.32 bits per heavy atom.